The van der Waals surface area contributed by atoms with E-state index in [9.17, 15) is 14.4 Å². The van der Waals surface area contributed by atoms with Crippen LogP contribution in [0.15, 0.2) is 24.3 Å². The summed E-state index contributed by atoms with van der Waals surface area (Å²) in [7, 11) is 1.28. The molecule has 2 bridgehead atoms. The molecule has 1 N–H and O–H groups in total. The number of hydrogen-bond acceptors (Lipinski definition) is 6. The van der Waals surface area contributed by atoms with Gasteiger partial charge in [0.1, 0.15) is 12.1 Å². The smallest absolute Gasteiger partial charge is 0.444 e. The Bertz CT molecular complexity index is 1340. The highest BCUT2D eigenvalue weighted by Gasteiger charge is 2.68. The first-order valence-electron chi connectivity index (χ1n) is 18.2. The minimum atomic E-state index is -0.750. The molecule has 3 aliphatic carbocycles. The van der Waals surface area contributed by atoms with Crippen LogP contribution in [0.25, 0.3) is 0 Å². The topological polar surface area (TPSA) is 101 Å². The first kappa shape index (κ1) is 32.7. The number of fused-ring (bicyclic) bond motifs is 2. The second-order valence-electron chi connectivity index (χ2n) is 16.0. The molecule has 47 heavy (non-hydrogen) atoms. The van der Waals surface area contributed by atoms with E-state index >= 15 is 0 Å². The van der Waals surface area contributed by atoms with E-state index in [1.54, 1.807) is 21.7 Å². The Labute approximate surface area is 280 Å². The molecular formula is C36H53BN4O6. The Balaban J connectivity index is 1.07. The Morgan fingerprint density at radius 3 is 2.34 bits per heavy atom. The van der Waals surface area contributed by atoms with Crippen LogP contribution in [0.1, 0.15) is 103 Å². The van der Waals surface area contributed by atoms with E-state index < -0.39 is 25.4 Å². The van der Waals surface area contributed by atoms with Gasteiger partial charge in [0.05, 0.1) is 24.2 Å². The van der Waals surface area contributed by atoms with Crippen LogP contribution >= 0.6 is 0 Å². The van der Waals surface area contributed by atoms with Crippen LogP contribution in [0.4, 0.5) is 9.59 Å². The van der Waals surface area contributed by atoms with Crippen molar-refractivity contribution in [2.45, 2.75) is 134 Å². The van der Waals surface area contributed by atoms with Gasteiger partial charge in [0.2, 0.25) is 5.91 Å². The van der Waals surface area contributed by atoms with Crippen LogP contribution in [-0.2, 0) is 31.9 Å². The summed E-state index contributed by atoms with van der Waals surface area (Å²) in [6, 6.07) is 7.07. The van der Waals surface area contributed by atoms with Gasteiger partial charge >= 0.3 is 19.2 Å². The summed E-state index contributed by atoms with van der Waals surface area (Å²) in [4.78, 5) is 46.4. The van der Waals surface area contributed by atoms with Gasteiger partial charge < -0.3 is 29.2 Å². The maximum atomic E-state index is 14.2. The molecule has 7 aliphatic rings. The number of nitrogens with one attached hydrogen (secondary N) is 1. The predicted molar refractivity (Wildman–Crippen MR) is 178 cm³/mol. The normalized spacial score (nSPS) is 35.9. The molecule has 1 aromatic rings. The third kappa shape index (κ3) is 6.15. The van der Waals surface area contributed by atoms with Crippen molar-refractivity contribution in [2.75, 3.05) is 20.1 Å². The number of benzene rings is 1. The fourth-order valence-corrected chi connectivity index (χ4v) is 9.56. The number of nitrogens with zero attached hydrogens (tertiary/aromatic N) is 3. The minimum absolute atomic E-state index is 0.0280. The number of rotatable bonds is 2. The average molecular weight is 649 g/mol. The summed E-state index contributed by atoms with van der Waals surface area (Å²) >= 11 is 0. The number of urea groups is 1. The molecule has 4 heterocycles. The van der Waals surface area contributed by atoms with Gasteiger partial charge in [-0.05, 0) is 61.0 Å². The van der Waals surface area contributed by atoms with E-state index in [1.165, 1.54) is 12.8 Å². The van der Waals surface area contributed by atoms with Gasteiger partial charge in [-0.3, -0.25) is 9.69 Å². The monoisotopic (exact) mass is 648 g/mol. The second-order valence-corrected chi connectivity index (χ2v) is 16.0. The lowest BCUT2D eigenvalue weighted by atomic mass is 9.43. The molecule has 0 aromatic heterocycles. The predicted octanol–water partition coefficient (Wildman–Crippen LogP) is 5.52. The van der Waals surface area contributed by atoms with E-state index in [-0.39, 0.29) is 48.0 Å². The maximum Gasteiger partial charge on any atom is 0.481 e. The molecule has 10 nitrogen and oxygen atoms in total. The SMILES string of the molecule is CN1CCCCCCCCC[C@@H](B2OC3C[C@H]4C[C@H](C4(C)C)[C@@]3(C)O2)NC(=O)C2CC(OC(=O)N3Cc4ccccc4C3)CN2C1=O. The molecule has 7 atom stereocenters. The molecule has 1 aromatic carbocycles. The molecule has 11 heteroatoms. The van der Waals surface area contributed by atoms with Gasteiger partial charge in [0.15, 0.2) is 0 Å². The Morgan fingerprint density at radius 1 is 0.957 bits per heavy atom. The lowest BCUT2D eigenvalue weighted by molar-refractivity contribution is -0.199. The Kier molecular flexibility index (Phi) is 9.00. The molecule has 6 fully saturated rings. The van der Waals surface area contributed by atoms with Gasteiger partial charge in [0, 0.05) is 33.1 Å². The van der Waals surface area contributed by atoms with Gasteiger partial charge in [-0.25, -0.2) is 9.59 Å². The van der Waals surface area contributed by atoms with E-state index in [0.717, 1.165) is 62.5 Å². The number of carbonyl (C=O) groups is 3. The van der Waals surface area contributed by atoms with Gasteiger partial charge in [-0.1, -0.05) is 76.6 Å². The fourth-order valence-electron chi connectivity index (χ4n) is 9.56. The van der Waals surface area contributed by atoms with Crippen LogP contribution in [0, 0.1) is 17.3 Å². The largest absolute Gasteiger partial charge is 0.481 e. The van der Waals surface area contributed by atoms with Gasteiger partial charge in [0.25, 0.3) is 0 Å². The minimum Gasteiger partial charge on any atom is -0.444 e. The first-order chi connectivity index (χ1) is 22.5. The van der Waals surface area contributed by atoms with Crippen LogP contribution < -0.4 is 5.32 Å². The third-order valence-corrected chi connectivity index (χ3v) is 12.6. The lowest BCUT2D eigenvalue weighted by Gasteiger charge is -2.64. The first-order valence-corrected chi connectivity index (χ1v) is 18.2. The van der Waals surface area contributed by atoms with Crippen molar-refractivity contribution in [2.24, 2.45) is 17.3 Å². The Morgan fingerprint density at radius 2 is 1.64 bits per heavy atom. The molecule has 8 rings (SSSR count). The molecule has 3 unspecified atom stereocenters. The van der Waals surface area contributed by atoms with Crippen molar-refractivity contribution in [1.82, 2.24) is 20.0 Å². The molecule has 0 radical (unpaired) electrons. The summed E-state index contributed by atoms with van der Waals surface area (Å²) in [6.45, 7) is 8.73. The van der Waals surface area contributed by atoms with Crippen molar-refractivity contribution < 1.29 is 28.4 Å². The fraction of sp³-hybridized carbons (Fsp3) is 0.750. The van der Waals surface area contributed by atoms with Gasteiger partial charge in [-0.2, -0.15) is 0 Å². The molecule has 4 aliphatic heterocycles. The van der Waals surface area contributed by atoms with E-state index in [1.807, 2.05) is 24.3 Å². The summed E-state index contributed by atoms with van der Waals surface area (Å²) in [6.07, 6.45) is 9.78. The number of amides is 4. The second kappa shape index (κ2) is 12.9. The summed E-state index contributed by atoms with van der Waals surface area (Å²) in [5, 5.41) is 3.31. The zero-order valence-corrected chi connectivity index (χ0v) is 28.7. The quantitative estimate of drug-likeness (QED) is 0.424. The van der Waals surface area contributed by atoms with E-state index in [0.29, 0.717) is 31.5 Å². The van der Waals surface area contributed by atoms with Crippen LogP contribution in [0.2, 0.25) is 0 Å². The molecule has 3 saturated heterocycles. The number of ether oxygens (including phenoxy) is 1. The standard InChI is InChI=1S/C36H53BN4O6/c1-35(2)26-18-29(35)36(3)30(19-26)46-37(47-36)31-16-10-8-6-5-7-9-13-17-39(4)33(43)41-23-27(20-28(41)32(42)38-31)45-34(44)40-21-24-14-11-12-15-25(24)22-40/h11-12,14-15,26-31H,5-10,13,16-23H2,1-4H3,(H,38,42)/t26-,27?,28?,29-,30?,31+,36-/m1/s1. The zero-order valence-electron chi connectivity index (χ0n) is 28.7. The van der Waals surface area contributed by atoms with E-state index in [4.69, 9.17) is 14.0 Å². The van der Waals surface area contributed by atoms with Crippen molar-refractivity contribution in [1.29, 1.82) is 0 Å². The van der Waals surface area contributed by atoms with Crippen LogP contribution in [0.3, 0.4) is 0 Å². The highest BCUT2D eigenvalue weighted by molar-refractivity contribution is 6.47. The van der Waals surface area contributed by atoms with Gasteiger partial charge in [-0.15, -0.1) is 0 Å². The number of hydrogen-bond donors (Lipinski definition) is 1. The van der Waals surface area contributed by atoms with Crippen molar-refractivity contribution in [3.05, 3.63) is 35.4 Å². The molecule has 0 spiro atoms. The molecule has 256 valence electrons. The maximum absolute atomic E-state index is 14.2. The highest BCUT2D eigenvalue weighted by atomic mass is 16.7. The van der Waals surface area contributed by atoms with Crippen molar-refractivity contribution in [3.8, 4) is 0 Å². The van der Waals surface area contributed by atoms with E-state index in [2.05, 4.69) is 26.1 Å². The lowest BCUT2D eigenvalue weighted by Crippen LogP contribution is -2.65. The molecule has 3 saturated carbocycles. The summed E-state index contributed by atoms with van der Waals surface area (Å²) < 4.78 is 19.5. The van der Waals surface area contributed by atoms with Crippen molar-refractivity contribution in [3.63, 3.8) is 0 Å². The van der Waals surface area contributed by atoms with Crippen molar-refractivity contribution >= 4 is 25.1 Å². The number of carbonyl (C=O) groups excluding carboxylic acids is 3. The third-order valence-electron chi connectivity index (χ3n) is 12.6. The zero-order chi connectivity index (χ0) is 32.9. The van der Waals surface area contributed by atoms with Crippen LogP contribution in [-0.4, -0.2) is 89.8 Å². The molecular weight excluding hydrogens is 595 g/mol. The average Bonchev–Trinajstić information content (AvgIpc) is 3.76. The highest BCUT2D eigenvalue weighted by Crippen LogP contribution is 2.65. The van der Waals surface area contributed by atoms with Crippen LogP contribution in [0.5, 0.6) is 0 Å². The summed E-state index contributed by atoms with van der Waals surface area (Å²) in [5.74, 6) is 0.525. The Hall–Kier alpha value is -2.79. The summed E-state index contributed by atoms with van der Waals surface area (Å²) in [5.41, 5.74) is 2.10. The molecule has 4 amide bonds.